The van der Waals surface area contributed by atoms with Crippen LogP contribution in [-0.2, 0) is 20.9 Å². The van der Waals surface area contributed by atoms with Crippen molar-refractivity contribution in [2.75, 3.05) is 11.9 Å². The van der Waals surface area contributed by atoms with Crippen LogP contribution in [0.4, 0.5) is 19.7 Å². The number of aromatic amines is 1. The number of urea groups is 1. The summed E-state index contributed by atoms with van der Waals surface area (Å²) in [5, 5.41) is 10.3. The van der Waals surface area contributed by atoms with Crippen molar-refractivity contribution in [3.05, 3.63) is 62.7 Å². The lowest BCUT2D eigenvalue weighted by atomic mass is 10.0. The summed E-state index contributed by atoms with van der Waals surface area (Å²) in [7, 11) is 0. The van der Waals surface area contributed by atoms with Crippen molar-refractivity contribution in [3.8, 4) is 0 Å². The maximum atomic E-state index is 13.6. The highest BCUT2D eigenvalue weighted by molar-refractivity contribution is 5.98. The lowest BCUT2D eigenvalue weighted by Gasteiger charge is -2.27. The number of nitrogens with zero attached hydrogens (tertiary/aromatic N) is 1. The zero-order valence-electron chi connectivity index (χ0n) is 24.2. The molecule has 230 valence electrons. The predicted octanol–water partition coefficient (Wildman–Crippen LogP) is 1.15. The first-order valence-electron chi connectivity index (χ1n) is 13.3. The van der Waals surface area contributed by atoms with Crippen molar-refractivity contribution in [3.63, 3.8) is 0 Å². The molecule has 0 aliphatic heterocycles. The van der Waals surface area contributed by atoms with Crippen LogP contribution in [0.25, 0.3) is 0 Å². The van der Waals surface area contributed by atoms with Gasteiger partial charge in [0.05, 0.1) is 6.54 Å². The van der Waals surface area contributed by atoms with Gasteiger partial charge in [0.15, 0.2) is 0 Å². The Morgan fingerprint density at radius 1 is 1.05 bits per heavy atom. The third-order valence-corrected chi connectivity index (χ3v) is 5.80. The second-order valence-corrected chi connectivity index (χ2v) is 10.9. The molecule has 0 aliphatic rings. The highest BCUT2D eigenvalue weighted by atomic mass is 19.1. The summed E-state index contributed by atoms with van der Waals surface area (Å²) in [6, 6.07) is 3.31. The van der Waals surface area contributed by atoms with Crippen LogP contribution in [0.15, 0.2) is 40.1 Å². The quantitative estimate of drug-likeness (QED) is 0.198. The standard InChI is InChI=1S/C27H38FN7O7/c1-15(2)20(34-26(41)42-27(3,4)5)22(37)33-19(7-6-12-30-24(29)39)21(36)32-17-10-8-16(9-11-17)14-35-23(38)18(28)13-31-25(35)40/h8-11,13,15,19-20H,6-7,12,14H2,1-5H3,(H,31,40)(H,32,36)(H,33,37)(H,34,41)(H3,29,30,39)/t19-,20-/m0/s1. The van der Waals surface area contributed by atoms with Gasteiger partial charge in [-0.25, -0.2) is 14.4 Å². The number of hydrogen-bond acceptors (Lipinski definition) is 7. The van der Waals surface area contributed by atoms with Gasteiger partial charge in [-0.1, -0.05) is 26.0 Å². The molecule has 1 aromatic heterocycles. The highest BCUT2D eigenvalue weighted by Gasteiger charge is 2.30. The number of carbonyl (C=O) groups is 4. The summed E-state index contributed by atoms with van der Waals surface area (Å²) in [5.41, 5.74) is 3.30. The number of primary amides is 1. The molecule has 2 atom stereocenters. The molecule has 1 aromatic carbocycles. The van der Waals surface area contributed by atoms with Gasteiger partial charge >= 0.3 is 17.8 Å². The van der Waals surface area contributed by atoms with Crippen molar-refractivity contribution < 1.29 is 28.3 Å². The van der Waals surface area contributed by atoms with Crippen LogP contribution < -0.4 is 38.2 Å². The number of aromatic nitrogens is 2. The van der Waals surface area contributed by atoms with Crippen molar-refractivity contribution in [1.82, 2.24) is 25.5 Å². The first kappa shape index (κ1) is 33.5. The normalized spacial score (nSPS) is 12.6. The number of anilines is 1. The lowest BCUT2D eigenvalue weighted by molar-refractivity contribution is -0.128. The molecule has 15 heteroatoms. The van der Waals surface area contributed by atoms with E-state index in [0.29, 0.717) is 28.4 Å². The second-order valence-electron chi connectivity index (χ2n) is 10.9. The molecule has 42 heavy (non-hydrogen) atoms. The molecule has 0 unspecified atom stereocenters. The van der Waals surface area contributed by atoms with E-state index < -0.39 is 58.7 Å². The summed E-state index contributed by atoms with van der Waals surface area (Å²) < 4.78 is 19.5. The molecule has 2 aromatic rings. The molecule has 1 heterocycles. The van der Waals surface area contributed by atoms with Gasteiger partial charge in [0.25, 0.3) is 5.56 Å². The minimum absolute atomic E-state index is 0.123. The first-order valence-corrected chi connectivity index (χ1v) is 13.3. The third kappa shape index (κ3) is 10.7. The van der Waals surface area contributed by atoms with Gasteiger partial charge in [0.2, 0.25) is 17.6 Å². The lowest BCUT2D eigenvalue weighted by Crippen LogP contribution is -2.55. The van der Waals surface area contributed by atoms with E-state index in [1.165, 1.54) is 24.3 Å². The minimum Gasteiger partial charge on any atom is -0.444 e. The molecule has 5 amide bonds. The molecule has 0 bridgehead atoms. The fourth-order valence-electron chi connectivity index (χ4n) is 3.75. The molecule has 0 saturated carbocycles. The predicted molar refractivity (Wildman–Crippen MR) is 152 cm³/mol. The molecular formula is C27H38FN7O7. The number of hydrogen-bond donors (Lipinski definition) is 6. The number of nitrogens with two attached hydrogens (primary N) is 1. The number of nitrogens with one attached hydrogen (secondary N) is 5. The average molecular weight is 592 g/mol. The molecule has 0 saturated heterocycles. The Balaban J connectivity index is 2.16. The Kier molecular flexibility index (Phi) is 11.8. The number of alkyl carbamates (subject to hydrolysis) is 1. The smallest absolute Gasteiger partial charge is 0.408 e. The fraction of sp³-hybridized carbons (Fsp3) is 0.481. The summed E-state index contributed by atoms with van der Waals surface area (Å²) in [4.78, 5) is 75.7. The van der Waals surface area contributed by atoms with Gasteiger partial charge in [-0.3, -0.25) is 19.0 Å². The SMILES string of the molecule is CC(C)[C@H](NC(=O)OC(C)(C)C)C(=O)N[C@@H](CCCNC(N)=O)C(=O)Nc1ccc(Cn2c(=O)[nH]cc(F)c2=O)cc1. The van der Waals surface area contributed by atoms with Crippen LogP contribution in [0, 0.1) is 11.7 Å². The monoisotopic (exact) mass is 591 g/mol. The number of halogens is 1. The van der Waals surface area contributed by atoms with Gasteiger partial charge in [0.1, 0.15) is 17.7 Å². The number of H-pyrrole nitrogens is 1. The van der Waals surface area contributed by atoms with Gasteiger partial charge in [-0.15, -0.1) is 0 Å². The van der Waals surface area contributed by atoms with Crippen molar-refractivity contribution in [2.45, 2.75) is 71.7 Å². The van der Waals surface area contributed by atoms with Gasteiger partial charge in [-0.2, -0.15) is 4.39 Å². The van der Waals surface area contributed by atoms with Crippen LogP contribution >= 0.6 is 0 Å². The second kappa shape index (κ2) is 14.8. The first-order chi connectivity index (χ1) is 19.6. The largest absolute Gasteiger partial charge is 0.444 e. The van der Waals surface area contributed by atoms with Gasteiger partial charge < -0.3 is 36.7 Å². The molecule has 0 spiro atoms. The topological polar surface area (TPSA) is 207 Å². The van der Waals surface area contributed by atoms with E-state index in [0.717, 1.165) is 0 Å². The maximum absolute atomic E-state index is 13.6. The number of carbonyl (C=O) groups excluding carboxylic acids is 4. The van der Waals surface area contributed by atoms with E-state index in [9.17, 15) is 33.2 Å². The number of rotatable bonds is 12. The van der Waals surface area contributed by atoms with Crippen LogP contribution in [0.3, 0.4) is 0 Å². The zero-order chi connectivity index (χ0) is 31.6. The average Bonchev–Trinajstić information content (AvgIpc) is 2.88. The van der Waals surface area contributed by atoms with Crippen molar-refractivity contribution in [1.29, 1.82) is 0 Å². The van der Waals surface area contributed by atoms with E-state index in [2.05, 4.69) is 26.3 Å². The van der Waals surface area contributed by atoms with Gasteiger partial charge in [-0.05, 0) is 57.2 Å². The number of benzene rings is 1. The fourth-order valence-corrected chi connectivity index (χ4v) is 3.75. The molecule has 2 rings (SSSR count). The Morgan fingerprint density at radius 3 is 2.26 bits per heavy atom. The summed E-state index contributed by atoms with van der Waals surface area (Å²) in [5.74, 6) is -2.63. The molecular weight excluding hydrogens is 553 g/mol. The molecule has 0 aliphatic carbocycles. The van der Waals surface area contributed by atoms with Crippen LogP contribution in [0.2, 0.25) is 0 Å². The zero-order valence-corrected chi connectivity index (χ0v) is 24.2. The Morgan fingerprint density at radius 2 is 1.69 bits per heavy atom. The van der Waals surface area contributed by atoms with Crippen LogP contribution in [-0.4, -0.2) is 57.7 Å². The summed E-state index contributed by atoms with van der Waals surface area (Å²) >= 11 is 0. The minimum atomic E-state index is -1.10. The van der Waals surface area contributed by atoms with Crippen molar-refractivity contribution in [2.24, 2.45) is 11.7 Å². The number of ether oxygens (including phenoxy) is 1. The third-order valence-electron chi connectivity index (χ3n) is 5.80. The molecule has 14 nitrogen and oxygen atoms in total. The van der Waals surface area contributed by atoms with Crippen LogP contribution in [0.1, 0.15) is 53.0 Å². The Bertz CT molecular complexity index is 1380. The maximum Gasteiger partial charge on any atom is 0.408 e. The highest BCUT2D eigenvalue weighted by Crippen LogP contribution is 2.13. The molecule has 0 radical (unpaired) electrons. The van der Waals surface area contributed by atoms with E-state index >= 15 is 0 Å². The van der Waals surface area contributed by atoms with Crippen LogP contribution in [0.5, 0.6) is 0 Å². The van der Waals surface area contributed by atoms with E-state index in [1.54, 1.807) is 34.6 Å². The molecule has 7 N–H and O–H groups in total. The Hall–Kier alpha value is -4.69. The van der Waals surface area contributed by atoms with E-state index in [4.69, 9.17) is 10.5 Å². The van der Waals surface area contributed by atoms with E-state index in [1.807, 2.05) is 0 Å². The summed E-state index contributed by atoms with van der Waals surface area (Å²) in [6.45, 7) is 8.46. The van der Waals surface area contributed by atoms with E-state index in [-0.39, 0.29) is 25.4 Å². The Labute approximate surface area is 241 Å². The number of amides is 5. The molecule has 0 fully saturated rings. The van der Waals surface area contributed by atoms with Crippen molar-refractivity contribution >= 4 is 29.6 Å². The summed E-state index contributed by atoms with van der Waals surface area (Å²) in [6.07, 6.45) is 0.322. The van der Waals surface area contributed by atoms with Gasteiger partial charge in [0, 0.05) is 18.4 Å².